The first-order valence-electron chi connectivity index (χ1n) is 8.43. The molecule has 2 aromatic heterocycles. The lowest BCUT2D eigenvalue weighted by atomic mass is 10.1. The van der Waals surface area contributed by atoms with Crippen LogP contribution in [-0.4, -0.2) is 37.8 Å². The normalized spacial score (nSPS) is 9.44. The Morgan fingerprint density at radius 1 is 0.844 bits per heavy atom. The van der Waals surface area contributed by atoms with E-state index in [4.69, 9.17) is 33.8 Å². The summed E-state index contributed by atoms with van der Waals surface area (Å²) < 4.78 is 0. The van der Waals surface area contributed by atoms with Crippen molar-refractivity contribution in [1.29, 1.82) is 0 Å². The van der Waals surface area contributed by atoms with Gasteiger partial charge in [-0.2, -0.15) is 4.79 Å². The summed E-state index contributed by atoms with van der Waals surface area (Å²) in [6, 6.07) is 13.1. The van der Waals surface area contributed by atoms with Crippen LogP contribution >= 0.6 is 23.2 Å². The van der Waals surface area contributed by atoms with Crippen LogP contribution in [0.25, 0.3) is 27.3 Å². The molecule has 0 saturated carbocycles. The van der Waals surface area contributed by atoms with E-state index >= 15 is 0 Å². The highest BCUT2D eigenvalue weighted by Gasteiger charge is 2.08. The Kier molecular flexibility index (Phi) is 9.63. The average molecular weight is 471 g/mol. The van der Waals surface area contributed by atoms with Gasteiger partial charge < -0.3 is 10.6 Å². The van der Waals surface area contributed by atoms with Crippen LogP contribution in [0, 0.1) is 0 Å². The van der Waals surface area contributed by atoms with Crippen molar-refractivity contribution in [2.45, 2.75) is 14.9 Å². The molecule has 0 atom stereocenters. The van der Waals surface area contributed by atoms with Crippen LogP contribution in [0.2, 0.25) is 10.0 Å². The maximum Gasteiger partial charge on any atom is 0.335 e. The van der Waals surface area contributed by atoms with Crippen molar-refractivity contribution in [2.75, 3.05) is 0 Å². The highest BCUT2D eigenvalue weighted by molar-refractivity contribution is 6.34. The van der Waals surface area contributed by atoms with Gasteiger partial charge in [0.25, 0.3) is 5.78 Å². The molecule has 0 radical (unpaired) electrons. The molecule has 164 valence electrons. The third kappa shape index (κ3) is 6.43. The van der Waals surface area contributed by atoms with E-state index in [1.54, 1.807) is 48.7 Å². The molecule has 0 unspecified atom stereocenters. The Hall–Kier alpha value is -3.64. The molecular weight excluding hydrogens is 451 g/mol. The summed E-state index contributed by atoms with van der Waals surface area (Å²) in [5.41, 5.74) is 10.4. The van der Waals surface area contributed by atoms with E-state index in [2.05, 4.69) is 14.8 Å². The second-order valence-corrected chi connectivity index (χ2v) is 6.91. The minimum atomic E-state index is -0.952. The first-order chi connectivity index (χ1) is 14.4. The highest BCUT2D eigenvalue weighted by Crippen LogP contribution is 2.19. The first kappa shape index (κ1) is 26.4. The number of aromatic nitrogens is 2. The van der Waals surface area contributed by atoms with E-state index in [0.717, 1.165) is 28.0 Å². The molecule has 0 saturated heterocycles. The van der Waals surface area contributed by atoms with Crippen molar-refractivity contribution >= 4 is 63.0 Å². The molecule has 1 N–H and O–H groups in total. The van der Waals surface area contributed by atoms with E-state index in [0.29, 0.717) is 15.6 Å². The maximum atomic E-state index is 11.4. The Labute approximate surface area is 194 Å². The van der Waals surface area contributed by atoms with Crippen molar-refractivity contribution in [3.8, 4) is 0 Å². The van der Waals surface area contributed by atoms with Crippen LogP contribution in [0.1, 0.15) is 35.6 Å². The third-order valence-electron chi connectivity index (χ3n) is 4.00. The maximum absolute atomic E-state index is 11.4. The molecule has 2 heterocycles. The molecule has 2 aromatic carbocycles. The fourth-order valence-corrected chi connectivity index (χ4v) is 2.96. The van der Waals surface area contributed by atoms with Crippen LogP contribution in [0.5, 0.6) is 0 Å². The summed E-state index contributed by atoms with van der Waals surface area (Å²) in [5, 5.41) is 11.3. The summed E-state index contributed by atoms with van der Waals surface area (Å²) in [4.78, 5) is 32.9. The van der Waals surface area contributed by atoms with E-state index in [1.165, 1.54) is 12.3 Å². The summed E-state index contributed by atoms with van der Waals surface area (Å²) in [5.74, 6) is -1.32. The van der Waals surface area contributed by atoms with Gasteiger partial charge in [-0.15, -0.1) is 0 Å². The summed E-state index contributed by atoms with van der Waals surface area (Å²) in [6.07, 6.45) is 3.92. The minimum Gasteiger partial charge on any atom is -0.478 e. The number of carboxylic acids is 1. The topological polar surface area (TPSA) is 117 Å². The first-order valence-corrected chi connectivity index (χ1v) is 9.18. The summed E-state index contributed by atoms with van der Waals surface area (Å²) >= 11 is 11.5. The van der Waals surface area contributed by atoms with Gasteiger partial charge in [0, 0.05) is 28.7 Å². The molecule has 0 fully saturated rings. The molecule has 9 heteroatoms. The molecule has 0 aliphatic carbocycles. The molecule has 0 amide bonds. The number of nitrogens with zero attached hydrogens (tertiary/aromatic N) is 4. The number of pyridine rings is 2. The Morgan fingerprint density at radius 3 is 1.78 bits per heavy atom. The molecule has 4 aromatic rings. The number of aromatic carboxylic acids is 1. The van der Waals surface area contributed by atoms with Crippen molar-refractivity contribution in [3.63, 3.8) is 0 Å². The van der Waals surface area contributed by atoms with Gasteiger partial charge in [0.2, 0.25) is 0 Å². The number of rotatable bonds is 3. The van der Waals surface area contributed by atoms with Crippen LogP contribution in [0.3, 0.4) is 0 Å². The lowest BCUT2D eigenvalue weighted by Gasteiger charge is -1.99. The number of hydrogen-bond acceptors (Lipinski definition) is 4. The molecule has 32 heavy (non-hydrogen) atoms. The van der Waals surface area contributed by atoms with Gasteiger partial charge in [0.15, 0.2) is 0 Å². The van der Waals surface area contributed by atoms with Crippen molar-refractivity contribution < 1.29 is 19.5 Å². The van der Waals surface area contributed by atoms with Crippen molar-refractivity contribution in [2.24, 2.45) is 0 Å². The Balaban J connectivity index is 0.000000303. The smallest absolute Gasteiger partial charge is 0.335 e. The number of benzene rings is 2. The van der Waals surface area contributed by atoms with Crippen LogP contribution < -0.4 is 0 Å². The molecule has 0 aliphatic heterocycles. The standard InChI is InChI=1S/C11H6ClN3O.C10H6ClNO2.2CH4/c12-9-4-8-3-7(11(16)6-15-13)1-2-10(8)14-5-9;11-8-4-7-3-6(10(13)14)1-2-9(7)12-5-8;;/h1-6H;1-5H,(H,13,14);2*1H4. The van der Waals surface area contributed by atoms with Gasteiger partial charge in [-0.05, 0) is 48.5 Å². The van der Waals surface area contributed by atoms with Crippen LogP contribution in [0.15, 0.2) is 60.9 Å². The van der Waals surface area contributed by atoms with Gasteiger partial charge >= 0.3 is 12.2 Å². The van der Waals surface area contributed by atoms with E-state index < -0.39 is 5.97 Å². The largest absolute Gasteiger partial charge is 0.478 e. The van der Waals surface area contributed by atoms with Gasteiger partial charge in [0.1, 0.15) is 0 Å². The molecule has 0 aliphatic rings. The van der Waals surface area contributed by atoms with Crippen molar-refractivity contribution in [1.82, 2.24) is 9.97 Å². The number of carbonyl (C=O) groups excluding carboxylic acids is 1. The predicted molar refractivity (Wildman–Crippen MR) is 128 cm³/mol. The number of ketones is 1. The van der Waals surface area contributed by atoms with E-state index in [-0.39, 0.29) is 26.2 Å². The van der Waals surface area contributed by atoms with Gasteiger partial charge in [0.05, 0.1) is 26.6 Å². The minimum absolute atomic E-state index is 0. The van der Waals surface area contributed by atoms with Gasteiger partial charge in [-0.25, -0.2) is 4.79 Å². The van der Waals surface area contributed by atoms with Gasteiger partial charge in [-0.3, -0.25) is 14.8 Å². The second-order valence-electron chi connectivity index (χ2n) is 6.04. The summed E-state index contributed by atoms with van der Waals surface area (Å²) in [6.45, 7) is 0. The van der Waals surface area contributed by atoms with E-state index in [1.807, 2.05) is 0 Å². The zero-order chi connectivity index (χ0) is 21.7. The Morgan fingerprint density at radius 2 is 1.31 bits per heavy atom. The van der Waals surface area contributed by atoms with Crippen molar-refractivity contribution in [3.05, 3.63) is 87.6 Å². The number of carbonyl (C=O) groups is 2. The van der Waals surface area contributed by atoms with Crippen LogP contribution in [-0.2, 0) is 0 Å². The number of fused-ring (bicyclic) bond motifs is 2. The fourth-order valence-electron chi connectivity index (χ4n) is 2.62. The lowest BCUT2D eigenvalue weighted by Crippen LogP contribution is -2.00. The highest BCUT2D eigenvalue weighted by atomic mass is 35.5. The average Bonchev–Trinajstić information content (AvgIpc) is 2.73. The molecule has 7 nitrogen and oxygen atoms in total. The number of halogens is 2. The number of Topliss-reactive ketones (excluding diaryl/α,β-unsaturated/α-hetero) is 1. The Bertz CT molecular complexity index is 1340. The SMILES string of the molecule is C.C.O=C(O)c1ccc2ncc(Cl)cc2c1.[N-]=[N+]=CC(=O)c1ccc2ncc(Cl)cc2c1. The zero-order valence-corrected chi connectivity index (χ0v) is 16.7. The lowest BCUT2D eigenvalue weighted by molar-refractivity contribution is 0.00234. The zero-order valence-electron chi connectivity index (χ0n) is 15.2. The van der Waals surface area contributed by atoms with Crippen LogP contribution in [0.4, 0.5) is 0 Å². The third-order valence-corrected chi connectivity index (χ3v) is 4.42. The second kappa shape index (κ2) is 11.7. The van der Waals surface area contributed by atoms with E-state index in [9.17, 15) is 9.59 Å². The number of hydrogen-bond donors (Lipinski definition) is 1. The number of carboxylic acid groups (broad SMARTS) is 1. The molecule has 0 bridgehead atoms. The fraction of sp³-hybridized carbons (Fsp3) is 0.0870. The molecule has 0 spiro atoms. The predicted octanol–water partition coefficient (Wildman–Crippen LogP) is 6.23. The van der Waals surface area contributed by atoms with Gasteiger partial charge in [-0.1, -0.05) is 38.1 Å². The molecular formula is C23H20Cl2N4O3. The monoisotopic (exact) mass is 470 g/mol. The summed E-state index contributed by atoms with van der Waals surface area (Å²) in [7, 11) is 0. The quantitative estimate of drug-likeness (QED) is 0.165. The molecule has 4 rings (SSSR count).